The highest BCUT2D eigenvalue weighted by Gasteiger charge is 2.65. The second-order valence-electron chi connectivity index (χ2n) is 4.30. The Balaban J connectivity index is 2.11. The summed E-state index contributed by atoms with van der Waals surface area (Å²) in [5, 5.41) is 0. The lowest BCUT2D eigenvalue weighted by Crippen LogP contribution is -2.30. The second-order valence-corrected chi connectivity index (χ2v) is 7.75. The standard InChI is InChI=1S/C10H8Br2O2/c11-10(12)8(13)6-4-1-2-5(3-4)7(6)9(10)14/h1-2,4-7H,3H2/t4-,5-,6-,7-/m1/s1. The zero-order chi connectivity index (χ0) is 10.1. The summed E-state index contributed by atoms with van der Waals surface area (Å²) in [5.41, 5.74) is 0. The van der Waals surface area contributed by atoms with Gasteiger partial charge in [-0.15, -0.1) is 0 Å². The second kappa shape index (κ2) is 2.59. The molecule has 74 valence electrons. The third-order valence-corrected chi connectivity index (χ3v) is 5.25. The maximum atomic E-state index is 12.0. The van der Waals surface area contributed by atoms with Crippen LogP contribution < -0.4 is 0 Å². The number of hydrogen-bond acceptors (Lipinski definition) is 2. The molecule has 14 heavy (non-hydrogen) atoms. The molecule has 2 bridgehead atoms. The monoisotopic (exact) mass is 318 g/mol. The number of fused-ring (bicyclic) bond motifs is 5. The van der Waals surface area contributed by atoms with Gasteiger partial charge in [0.05, 0.1) is 0 Å². The van der Waals surface area contributed by atoms with E-state index in [1.165, 1.54) is 0 Å². The van der Waals surface area contributed by atoms with E-state index in [1.807, 2.05) is 0 Å². The van der Waals surface area contributed by atoms with Crippen LogP contribution in [-0.4, -0.2) is 14.8 Å². The van der Waals surface area contributed by atoms with E-state index in [9.17, 15) is 9.59 Å². The summed E-state index contributed by atoms with van der Waals surface area (Å²) < 4.78 is -1.09. The van der Waals surface area contributed by atoms with Crippen molar-refractivity contribution in [1.82, 2.24) is 0 Å². The number of hydrogen-bond donors (Lipinski definition) is 0. The minimum absolute atomic E-state index is 0.0179. The van der Waals surface area contributed by atoms with Crippen molar-refractivity contribution in [3.63, 3.8) is 0 Å². The van der Waals surface area contributed by atoms with Crippen molar-refractivity contribution in [3.05, 3.63) is 12.2 Å². The summed E-state index contributed by atoms with van der Waals surface area (Å²) in [4.78, 5) is 23.9. The molecule has 3 aliphatic carbocycles. The van der Waals surface area contributed by atoms with E-state index in [2.05, 4.69) is 44.0 Å². The Hall–Kier alpha value is 0.0400. The predicted molar refractivity (Wildman–Crippen MR) is 58.3 cm³/mol. The lowest BCUT2D eigenvalue weighted by atomic mass is 9.85. The molecule has 0 amide bonds. The highest BCUT2D eigenvalue weighted by molar-refractivity contribution is 9.26. The lowest BCUT2D eigenvalue weighted by Gasteiger charge is -2.16. The van der Waals surface area contributed by atoms with Crippen LogP contribution in [0.4, 0.5) is 0 Å². The molecule has 0 unspecified atom stereocenters. The van der Waals surface area contributed by atoms with Crippen LogP contribution in [0.2, 0.25) is 0 Å². The largest absolute Gasteiger partial charge is 0.296 e. The molecule has 3 aliphatic rings. The summed E-state index contributed by atoms with van der Waals surface area (Å²) >= 11 is 6.40. The lowest BCUT2D eigenvalue weighted by molar-refractivity contribution is -0.123. The molecule has 0 aromatic carbocycles. The number of carbonyl (C=O) groups is 2. The molecular weight excluding hydrogens is 312 g/mol. The molecule has 0 N–H and O–H groups in total. The Labute approximate surface area is 98.4 Å². The van der Waals surface area contributed by atoms with Crippen LogP contribution in [0.15, 0.2) is 12.2 Å². The normalized spacial score (nSPS) is 47.6. The fourth-order valence-corrected chi connectivity index (χ4v) is 4.13. The molecule has 0 aromatic rings. The zero-order valence-electron chi connectivity index (χ0n) is 7.24. The number of halogens is 2. The van der Waals surface area contributed by atoms with Crippen molar-refractivity contribution in [2.45, 2.75) is 9.65 Å². The summed E-state index contributed by atoms with van der Waals surface area (Å²) in [6.45, 7) is 0. The van der Waals surface area contributed by atoms with Crippen LogP contribution in [0.5, 0.6) is 0 Å². The summed E-state index contributed by atoms with van der Waals surface area (Å²) in [7, 11) is 0. The van der Waals surface area contributed by atoms with Gasteiger partial charge in [0.1, 0.15) is 0 Å². The van der Waals surface area contributed by atoms with Crippen molar-refractivity contribution in [2.24, 2.45) is 23.7 Å². The molecule has 0 aliphatic heterocycles. The van der Waals surface area contributed by atoms with Crippen LogP contribution in [0.1, 0.15) is 6.42 Å². The number of allylic oxidation sites excluding steroid dienone is 2. The van der Waals surface area contributed by atoms with Crippen molar-refractivity contribution in [2.75, 3.05) is 0 Å². The molecule has 2 saturated carbocycles. The Morgan fingerprint density at radius 2 is 1.50 bits per heavy atom. The molecule has 2 fully saturated rings. The number of Topliss-reactive ketones (excluding diaryl/α,β-unsaturated/α-hetero) is 2. The summed E-state index contributed by atoms with van der Waals surface area (Å²) in [6, 6.07) is 0. The Bertz CT molecular complexity index is 340. The molecule has 4 atom stereocenters. The molecular formula is C10H8Br2O2. The van der Waals surface area contributed by atoms with Gasteiger partial charge in [0.25, 0.3) is 0 Å². The molecule has 0 spiro atoms. The van der Waals surface area contributed by atoms with Crippen LogP contribution in [0, 0.1) is 23.7 Å². The van der Waals surface area contributed by atoms with E-state index < -0.39 is 3.23 Å². The van der Waals surface area contributed by atoms with Crippen LogP contribution in [0.25, 0.3) is 0 Å². The Morgan fingerprint density at radius 1 is 1.07 bits per heavy atom. The summed E-state index contributed by atoms with van der Waals surface area (Å²) in [5.74, 6) is 0.498. The van der Waals surface area contributed by atoms with Crippen molar-refractivity contribution in [1.29, 1.82) is 0 Å². The maximum Gasteiger partial charge on any atom is 0.196 e. The van der Waals surface area contributed by atoms with E-state index in [1.54, 1.807) is 0 Å². The first-order valence-electron chi connectivity index (χ1n) is 4.68. The number of rotatable bonds is 0. The van der Waals surface area contributed by atoms with Crippen molar-refractivity contribution < 1.29 is 9.59 Å². The third kappa shape index (κ3) is 0.871. The van der Waals surface area contributed by atoms with Gasteiger partial charge in [-0.05, 0) is 18.3 Å². The molecule has 0 radical (unpaired) electrons. The number of alkyl halides is 2. The SMILES string of the molecule is O=C1[C@H]2[C@H](C(=O)C1(Br)Br)[C@@H]1C=C[C@@H]2C1. The maximum absolute atomic E-state index is 12.0. The highest BCUT2D eigenvalue weighted by Crippen LogP contribution is 2.58. The first-order chi connectivity index (χ1) is 6.53. The van der Waals surface area contributed by atoms with Gasteiger partial charge in [0.15, 0.2) is 14.8 Å². The van der Waals surface area contributed by atoms with E-state index >= 15 is 0 Å². The fraction of sp³-hybridized carbons (Fsp3) is 0.600. The van der Waals surface area contributed by atoms with E-state index in [4.69, 9.17) is 0 Å². The fourth-order valence-electron chi connectivity index (χ4n) is 3.08. The summed E-state index contributed by atoms with van der Waals surface area (Å²) in [6.07, 6.45) is 5.18. The molecule has 0 saturated heterocycles. The quantitative estimate of drug-likeness (QED) is 0.389. The third-order valence-electron chi connectivity index (χ3n) is 3.68. The minimum Gasteiger partial charge on any atom is -0.296 e. The molecule has 4 heteroatoms. The average molecular weight is 320 g/mol. The smallest absolute Gasteiger partial charge is 0.196 e. The Kier molecular flexibility index (Phi) is 1.71. The van der Waals surface area contributed by atoms with Gasteiger partial charge in [-0.3, -0.25) is 9.59 Å². The van der Waals surface area contributed by atoms with Gasteiger partial charge in [0, 0.05) is 11.8 Å². The predicted octanol–water partition coefficient (Wildman–Crippen LogP) is 2.06. The van der Waals surface area contributed by atoms with Gasteiger partial charge in [-0.1, -0.05) is 44.0 Å². The molecule has 0 aromatic heterocycles. The molecule has 3 rings (SSSR count). The van der Waals surface area contributed by atoms with E-state index in [-0.39, 0.29) is 23.4 Å². The molecule has 2 nitrogen and oxygen atoms in total. The van der Waals surface area contributed by atoms with Gasteiger partial charge < -0.3 is 0 Å². The van der Waals surface area contributed by atoms with Crippen LogP contribution >= 0.6 is 31.9 Å². The van der Waals surface area contributed by atoms with E-state index in [0.29, 0.717) is 11.8 Å². The highest BCUT2D eigenvalue weighted by atomic mass is 79.9. The van der Waals surface area contributed by atoms with Crippen LogP contribution in [0.3, 0.4) is 0 Å². The first-order valence-corrected chi connectivity index (χ1v) is 6.27. The molecule has 0 heterocycles. The topological polar surface area (TPSA) is 34.1 Å². The van der Waals surface area contributed by atoms with Gasteiger partial charge >= 0.3 is 0 Å². The zero-order valence-corrected chi connectivity index (χ0v) is 10.4. The average Bonchev–Trinajstić information content (AvgIpc) is 2.76. The minimum atomic E-state index is -1.09. The van der Waals surface area contributed by atoms with Crippen molar-refractivity contribution >= 4 is 43.4 Å². The Morgan fingerprint density at radius 3 is 1.93 bits per heavy atom. The van der Waals surface area contributed by atoms with Gasteiger partial charge in [-0.2, -0.15) is 0 Å². The number of ketones is 2. The van der Waals surface area contributed by atoms with Crippen molar-refractivity contribution in [3.8, 4) is 0 Å². The van der Waals surface area contributed by atoms with Crippen LogP contribution in [-0.2, 0) is 9.59 Å². The first kappa shape index (κ1) is 9.28. The number of carbonyl (C=O) groups excluding carboxylic acids is 2. The van der Waals surface area contributed by atoms with E-state index in [0.717, 1.165) is 6.42 Å². The van der Waals surface area contributed by atoms with Gasteiger partial charge in [0.2, 0.25) is 0 Å². The van der Waals surface area contributed by atoms with Gasteiger partial charge in [-0.25, -0.2) is 0 Å².